The van der Waals surface area contributed by atoms with E-state index in [1.165, 1.54) is 19.2 Å². The summed E-state index contributed by atoms with van der Waals surface area (Å²) in [7, 11) is 1.39. The maximum Gasteiger partial charge on any atom is 0.252 e. The third kappa shape index (κ3) is 1.87. The number of nitrogens with two attached hydrogens (primary N) is 1. The Morgan fingerprint density at radius 3 is 2.54 bits per heavy atom. The van der Waals surface area contributed by atoms with Crippen LogP contribution in [0.5, 0.6) is 5.75 Å². The summed E-state index contributed by atoms with van der Waals surface area (Å²) in [5, 5.41) is 0.518. The Hall–Kier alpha value is -0.930. The number of hydrogen-bond acceptors (Lipinski definition) is 2. The zero-order chi connectivity index (χ0) is 10.0. The Labute approximate surface area is 85.4 Å². The van der Waals surface area contributed by atoms with Crippen LogP contribution in [0, 0.1) is 0 Å². The molecule has 0 heterocycles. The van der Waals surface area contributed by atoms with E-state index in [0.29, 0.717) is 5.02 Å². The zero-order valence-electron chi connectivity index (χ0n) is 6.80. The highest BCUT2D eigenvalue weighted by Crippen LogP contribution is 2.34. The predicted molar refractivity (Wildman–Crippen MR) is 51.5 cm³/mol. The summed E-state index contributed by atoms with van der Waals surface area (Å²) in [5.74, 6) is -0.392. The van der Waals surface area contributed by atoms with Gasteiger partial charge in [0.25, 0.3) is 5.91 Å². The minimum atomic E-state index is -0.601. The van der Waals surface area contributed by atoms with Crippen molar-refractivity contribution in [2.45, 2.75) is 0 Å². The molecule has 0 aliphatic rings. The maximum absolute atomic E-state index is 10.9. The minimum absolute atomic E-state index is 0.195. The first kappa shape index (κ1) is 10.2. The molecular formula is C8H7Cl2NO2. The van der Waals surface area contributed by atoms with Gasteiger partial charge in [0, 0.05) is 0 Å². The van der Waals surface area contributed by atoms with E-state index in [4.69, 9.17) is 33.7 Å². The molecule has 0 fully saturated rings. The molecule has 0 spiro atoms. The largest absolute Gasteiger partial charge is 0.494 e. The summed E-state index contributed by atoms with van der Waals surface area (Å²) in [6.45, 7) is 0. The average molecular weight is 220 g/mol. The Kier molecular flexibility index (Phi) is 3.01. The second-order valence-corrected chi connectivity index (χ2v) is 3.09. The number of rotatable bonds is 2. The SMILES string of the molecule is COc1c(C(N)=O)ccc(Cl)c1Cl. The van der Waals surface area contributed by atoms with Crippen molar-refractivity contribution >= 4 is 29.1 Å². The van der Waals surface area contributed by atoms with E-state index in [1.807, 2.05) is 0 Å². The highest BCUT2D eigenvalue weighted by molar-refractivity contribution is 6.43. The van der Waals surface area contributed by atoms with Gasteiger partial charge in [-0.15, -0.1) is 0 Å². The molecule has 0 saturated heterocycles. The number of benzene rings is 1. The van der Waals surface area contributed by atoms with Crippen molar-refractivity contribution in [1.82, 2.24) is 0 Å². The van der Waals surface area contributed by atoms with Gasteiger partial charge in [-0.2, -0.15) is 0 Å². The lowest BCUT2D eigenvalue weighted by Gasteiger charge is -2.07. The summed E-state index contributed by atoms with van der Waals surface area (Å²) < 4.78 is 4.90. The average Bonchev–Trinajstić information content (AvgIpc) is 2.09. The molecular weight excluding hydrogens is 213 g/mol. The van der Waals surface area contributed by atoms with Gasteiger partial charge in [-0.25, -0.2) is 0 Å². The third-order valence-corrected chi connectivity index (χ3v) is 2.31. The lowest BCUT2D eigenvalue weighted by Crippen LogP contribution is -2.12. The van der Waals surface area contributed by atoms with Gasteiger partial charge in [-0.05, 0) is 12.1 Å². The van der Waals surface area contributed by atoms with Gasteiger partial charge in [-0.1, -0.05) is 23.2 Å². The first-order valence-corrected chi connectivity index (χ1v) is 4.15. The molecule has 1 amide bonds. The Morgan fingerprint density at radius 2 is 2.08 bits per heavy atom. The smallest absolute Gasteiger partial charge is 0.252 e. The quantitative estimate of drug-likeness (QED) is 0.829. The molecule has 5 heteroatoms. The molecule has 3 nitrogen and oxygen atoms in total. The van der Waals surface area contributed by atoms with Gasteiger partial charge in [0.2, 0.25) is 0 Å². The second-order valence-electron chi connectivity index (χ2n) is 2.31. The minimum Gasteiger partial charge on any atom is -0.494 e. The van der Waals surface area contributed by atoms with Crippen LogP contribution < -0.4 is 10.5 Å². The van der Waals surface area contributed by atoms with Crippen LogP contribution in [0.2, 0.25) is 10.0 Å². The van der Waals surface area contributed by atoms with Crippen LogP contribution in [0.25, 0.3) is 0 Å². The van der Waals surface area contributed by atoms with Gasteiger partial charge >= 0.3 is 0 Å². The number of halogens is 2. The maximum atomic E-state index is 10.9. The van der Waals surface area contributed by atoms with Crippen LogP contribution in [0.1, 0.15) is 10.4 Å². The summed E-state index contributed by atoms with van der Waals surface area (Å²) in [5.41, 5.74) is 5.31. The van der Waals surface area contributed by atoms with Crippen LogP contribution in [0.4, 0.5) is 0 Å². The number of ether oxygens (including phenoxy) is 1. The lowest BCUT2D eigenvalue weighted by atomic mass is 10.2. The summed E-state index contributed by atoms with van der Waals surface area (Å²) >= 11 is 11.5. The van der Waals surface area contributed by atoms with Crippen molar-refractivity contribution < 1.29 is 9.53 Å². The van der Waals surface area contributed by atoms with Gasteiger partial charge in [0.05, 0.1) is 17.7 Å². The van der Waals surface area contributed by atoms with Crippen molar-refractivity contribution in [2.24, 2.45) is 5.73 Å². The summed E-state index contributed by atoms with van der Waals surface area (Å²) in [4.78, 5) is 10.9. The first-order chi connectivity index (χ1) is 6.07. The molecule has 0 aromatic heterocycles. The number of carbonyl (C=O) groups excluding carboxylic acids is 1. The molecule has 0 atom stereocenters. The van der Waals surface area contributed by atoms with Crippen LogP contribution in [-0.4, -0.2) is 13.0 Å². The van der Waals surface area contributed by atoms with Crippen molar-refractivity contribution in [3.63, 3.8) is 0 Å². The van der Waals surface area contributed by atoms with Gasteiger partial charge < -0.3 is 10.5 Å². The van der Waals surface area contributed by atoms with Gasteiger partial charge in [0.15, 0.2) is 5.75 Å². The monoisotopic (exact) mass is 219 g/mol. The molecule has 0 saturated carbocycles. The van der Waals surface area contributed by atoms with Crippen molar-refractivity contribution in [1.29, 1.82) is 0 Å². The molecule has 70 valence electrons. The van der Waals surface area contributed by atoms with Crippen LogP contribution in [-0.2, 0) is 0 Å². The van der Waals surface area contributed by atoms with E-state index in [-0.39, 0.29) is 16.3 Å². The number of primary amides is 1. The van der Waals surface area contributed by atoms with Crippen molar-refractivity contribution in [3.8, 4) is 5.75 Å². The van der Waals surface area contributed by atoms with Gasteiger partial charge in [0.1, 0.15) is 5.02 Å². The number of hydrogen-bond donors (Lipinski definition) is 1. The van der Waals surface area contributed by atoms with Crippen LogP contribution >= 0.6 is 23.2 Å². The fourth-order valence-electron chi connectivity index (χ4n) is 0.926. The zero-order valence-corrected chi connectivity index (χ0v) is 8.32. The fraction of sp³-hybridized carbons (Fsp3) is 0.125. The predicted octanol–water partition coefficient (Wildman–Crippen LogP) is 2.10. The molecule has 0 radical (unpaired) electrons. The van der Waals surface area contributed by atoms with Crippen molar-refractivity contribution in [3.05, 3.63) is 27.7 Å². The Bertz CT molecular complexity index is 352. The Balaban J connectivity index is 3.38. The van der Waals surface area contributed by atoms with Gasteiger partial charge in [-0.3, -0.25) is 4.79 Å². The second kappa shape index (κ2) is 3.85. The molecule has 1 aromatic carbocycles. The number of amides is 1. The molecule has 13 heavy (non-hydrogen) atoms. The molecule has 0 unspecified atom stereocenters. The molecule has 2 N–H and O–H groups in total. The molecule has 0 bridgehead atoms. The van der Waals surface area contributed by atoms with E-state index >= 15 is 0 Å². The van der Waals surface area contributed by atoms with Crippen LogP contribution in [0.3, 0.4) is 0 Å². The summed E-state index contributed by atoms with van der Waals surface area (Å²) in [6.07, 6.45) is 0. The number of methoxy groups -OCH3 is 1. The third-order valence-electron chi connectivity index (χ3n) is 1.52. The van der Waals surface area contributed by atoms with E-state index in [1.54, 1.807) is 0 Å². The van der Waals surface area contributed by atoms with Crippen LogP contribution in [0.15, 0.2) is 12.1 Å². The highest BCUT2D eigenvalue weighted by atomic mass is 35.5. The van der Waals surface area contributed by atoms with E-state index in [2.05, 4.69) is 0 Å². The molecule has 0 aliphatic heterocycles. The molecule has 1 aromatic rings. The molecule has 0 aliphatic carbocycles. The first-order valence-electron chi connectivity index (χ1n) is 3.39. The topological polar surface area (TPSA) is 52.3 Å². The van der Waals surface area contributed by atoms with E-state index in [0.717, 1.165) is 0 Å². The summed E-state index contributed by atoms with van der Waals surface area (Å²) in [6, 6.07) is 2.96. The normalized spacial score (nSPS) is 9.77. The lowest BCUT2D eigenvalue weighted by molar-refractivity contribution is 0.0997. The Morgan fingerprint density at radius 1 is 1.46 bits per heavy atom. The highest BCUT2D eigenvalue weighted by Gasteiger charge is 2.14. The van der Waals surface area contributed by atoms with E-state index < -0.39 is 5.91 Å². The van der Waals surface area contributed by atoms with E-state index in [9.17, 15) is 4.79 Å². The fourth-order valence-corrected chi connectivity index (χ4v) is 1.32. The van der Waals surface area contributed by atoms with Crippen molar-refractivity contribution in [2.75, 3.05) is 7.11 Å². The number of carbonyl (C=O) groups is 1. The standard InChI is InChI=1S/C8H7Cl2NO2/c1-13-7-4(8(11)12)2-3-5(9)6(7)10/h2-3H,1H3,(H2,11,12). The molecule has 1 rings (SSSR count).